The highest BCUT2D eigenvalue weighted by Crippen LogP contribution is 2.33. The predicted molar refractivity (Wildman–Crippen MR) is 95.3 cm³/mol. The number of nitrogens with one attached hydrogen (secondary N) is 2. The summed E-state index contributed by atoms with van der Waals surface area (Å²) in [4.78, 5) is 61.6. The average Bonchev–Trinajstić information content (AvgIpc) is 2.92. The standard InChI is InChI=1S/C18H20N4O6/c19-7-2-8-20-14(24)9-28-12-4-1-3-10-15(12)18(27)22(17(10)26)11-5-6-13(23)21-16(11)25/h1,3-4,11H,2,5-9,19H2,(H,20,24)(H,21,23,25). The van der Waals surface area contributed by atoms with Crippen molar-refractivity contribution in [2.24, 2.45) is 5.73 Å². The number of fused-ring (bicyclic) bond motifs is 1. The third-order valence-electron chi connectivity index (χ3n) is 4.49. The number of amides is 5. The first-order valence-corrected chi connectivity index (χ1v) is 8.88. The molecule has 0 bridgehead atoms. The minimum atomic E-state index is -1.06. The van der Waals surface area contributed by atoms with Crippen molar-refractivity contribution in [3.8, 4) is 5.75 Å². The van der Waals surface area contributed by atoms with Gasteiger partial charge >= 0.3 is 0 Å². The highest BCUT2D eigenvalue weighted by Gasteiger charge is 2.46. The monoisotopic (exact) mass is 388 g/mol. The number of nitrogens with two attached hydrogens (primary N) is 1. The first-order valence-electron chi connectivity index (χ1n) is 8.88. The van der Waals surface area contributed by atoms with Gasteiger partial charge in [0.2, 0.25) is 11.8 Å². The van der Waals surface area contributed by atoms with Gasteiger partial charge in [-0.2, -0.15) is 0 Å². The maximum atomic E-state index is 12.9. The molecule has 0 aliphatic carbocycles. The molecule has 10 nitrogen and oxygen atoms in total. The lowest BCUT2D eigenvalue weighted by molar-refractivity contribution is -0.136. The number of hydrogen-bond acceptors (Lipinski definition) is 7. The number of ether oxygens (including phenoxy) is 1. The molecule has 1 saturated heterocycles. The van der Waals surface area contributed by atoms with Crippen molar-refractivity contribution in [2.75, 3.05) is 19.7 Å². The van der Waals surface area contributed by atoms with Crippen LogP contribution in [0.5, 0.6) is 5.75 Å². The van der Waals surface area contributed by atoms with E-state index >= 15 is 0 Å². The number of hydrogen-bond donors (Lipinski definition) is 3. The van der Waals surface area contributed by atoms with Crippen LogP contribution in [0.4, 0.5) is 0 Å². The number of piperidine rings is 1. The lowest BCUT2D eigenvalue weighted by Crippen LogP contribution is -2.54. The molecule has 0 radical (unpaired) electrons. The van der Waals surface area contributed by atoms with Crippen LogP contribution < -0.4 is 21.1 Å². The van der Waals surface area contributed by atoms with Crippen LogP contribution in [0.1, 0.15) is 40.0 Å². The van der Waals surface area contributed by atoms with E-state index in [2.05, 4.69) is 10.6 Å². The molecular weight excluding hydrogens is 368 g/mol. The van der Waals surface area contributed by atoms with Crippen molar-refractivity contribution >= 4 is 29.5 Å². The summed E-state index contributed by atoms with van der Waals surface area (Å²) in [6, 6.07) is 3.40. The number of imide groups is 2. The third kappa shape index (κ3) is 3.72. The average molecular weight is 388 g/mol. The van der Waals surface area contributed by atoms with Crippen LogP contribution in [0.3, 0.4) is 0 Å². The van der Waals surface area contributed by atoms with Crippen LogP contribution in [0.2, 0.25) is 0 Å². The zero-order valence-electron chi connectivity index (χ0n) is 15.0. The molecule has 1 aromatic carbocycles. The van der Waals surface area contributed by atoms with Crippen molar-refractivity contribution in [1.82, 2.24) is 15.5 Å². The fraction of sp³-hybridized carbons (Fsp3) is 0.389. The smallest absolute Gasteiger partial charge is 0.266 e. The van der Waals surface area contributed by atoms with Gasteiger partial charge in [-0.3, -0.25) is 34.2 Å². The minimum Gasteiger partial charge on any atom is -0.483 e. The molecule has 1 atom stereocenters. The second-order valence-electron chi connectivity index (χ2n) is 6.41. The van der Waals surface area contributed by atoms with E-state index in [0.717, 1.165) is 4.90 Å². The molecule has 1 aromatic rings. The topological polar surface area (TPSA) is 148 Å². The number of rotatable bonds is 7. The molecule has 28 heavy (non-hydrogen) atoms. The van der Waals surface area contributed by atoms with Gasteiger partial charge in [0, 0.05) is 13.0 Å². The second-order valence-corrected chi connectivity index (χ2v) is 6.41. The Bertz CT molecular complexity index is 852. The first-order chi connectivity index (χ1) is 13.4. The molecule has 0 aromatic heterocycles. The molecule has 0 saturated carbocycles. The van der Waals surface area contributed by atoms with Gasteiger partial charge in [0.1, 0.15) is 11.8 Å². The number of carbonyl (C=O) groups is 5. The summed E-state index contributed by atoms with van der Waals surface area (Å²) in [7, 11) is 0. The van der Waals surface area contributed by atoms with Crippen LogP contribution in [0.15, 0.2) is 18.2 Å². The second kappa shape index (κ2) is 8.17. The molecule has 5 amide bonds. The van der Waals surface area contributed by atoms with Gasteiger partial charge in [-0.15, -0.1) is 0 Å². The highest BCUT2D eigenvalue weighted by molar-refractivity contribution is 6.24. The van der Waals surface area contributed by atoms with Gasteiger partial charge in [0.05, 0.1) is 11.1 Å². The molecular formula is C18H20N4O6. The Morgan fingerprint density at radius 3 is 2.75 bits per heavy atom. The van der Waals surface area contributed by atoms with Crippen LogP contribution in [0.25, 0.3) is 0 Å². The van der Waals surface area contributed by atoms with Crippen LogP contribution >= 0.6 is 0 Å². The molecule has 4 N–H and O–H groups in total. The Morgan fingerprint density at radius 1 is 1.25 bits per heavy atom. The molecule has 0 spiro atoms. The van der Waals surface area contributed by atoms with Crippen molar-refractivity contribution in [3.63, 3.8) is 0 Å². The van der Waals surface area contributed by atoms with Crippen LogP contribution in [-0.2, 0) is 14.4 Å². The van der Waals surface area contributed by atoms with E-state index in [4.69, 9.17) is 10.5 Å². The summed E-state index contributed by atoms with van der Waals surface area (Å²) < 4.78 is 5.44. The number of nitrogens with zero attached hydrogens (tertiary/aromatic N) is 1. The van der Waals surface area contributed by atoms with Gasteiger partial charge in [0.15, 0.2) is 6.61 Å². The maximum Gasteiger partial charge on any atom is 0.266 e. The zero-order chi connectivity index (χ0) is 20.3. The Kier molecular flexibility index (Phi) is 5.69. The van der Waals surface area contributed by atoms with E-state index in [1.54, 1.807) is 0 Å². The molecule has 10 heteroatoms. The molecule has 1 fully saturated rings. The van der Waals surface area contributed by atoms with Crippen LogP contribution in [0, 0.1) is 0 Å². The highest BCUT2D eigenvalue weighted by atomic mass is 16.5. The van der Waals surface area contributed by atoms with E-state index < -0.39 is 29.7 Å². The minimum absolute atomic E-state index is 0.00644. The van der Waals surface area contributed by atoms with E-state index in [0.29, 0.717) is 19.5 Å². The van der Waals surface area contributed by atoms with Crippen molar-refractivity contribution in [2.45, 2.75) is 25.3 Å². The summed E-state index contributed by atoms with van der Waals surface area (Å²) in [5.41, 5.74) is 5.46. The number of benzene rings is 1. The Balaban J connectivity index is 1.76. The fourth-order valence-corrected chi connectivity index (χ4v) is 3.13. The largest absolute Gasteiger partial charge is 0.483 e. The molecule has 148 valence electrons. The quantitative estimate of drug-likeness (QED) is 0.398. The number of carbonyl (C=O) groups excluding carboxylic acids is 5. The van der Waals surface area contributed by atoms with Gasteiger partial charge in [-0.05, 0) is 31.5 Å². The lowest BCUT2D eigenvalue weighted by Gasteiger charge is -2.27. The lowest BCUT2D eigenvalue weighted by atomic mass is 10.0. The third-order valence-corrected chi connectivity index (χ3v) is 4.49. The molecule has 2 heterocycles. The van der Waals surface area contributed by atoms with Gasteiger partial charge in [-0.25, -0.2) is 0 Å². The summed E-state index contributed by atoms with van der Waals surface area (Å²) in [5, 5.41) is 4.76. The van der Waals surface area contributed by atoms with Crippen molar-refractivity contribution < 1.29 is 28.7 Å². The summed E-state index contributed by atoms with van der Waals surface area (Å²) in [6.07, 6.45) is 0.729. The summed E-state index contributed by atoms with van der Waals surface area (Å²) in [5.74, 6) is -2.75. The van der Waals surface area contributed by atoms with E-state index in [-0.39, 0.29) is 42.2 Å². The Morgan fingerprint density at radius 2 is 2.04 bits per heavy atom. The predicted octanol–water partition coefficient (Wildman–Crippen LogP) is -1.07. The summed E-state index contributed by atoms with van der Waals surface area (Å²) >= 11 is 0. The summed E-state index contributed by atoms with van der Waals surface area (Å²) in [6.45, 7) is 0.521. The van der Waals surface area contributed by atoms with Crippen molar-refractivity contribution in [3.05, 3.63) is 29.3 Å². The van der Waals surface area contributed by atoms with Gasteiger partial charge in [0.25, 0.3) is 17.7 Å². The van der Waals surface area contributed by atoms with Crippen LogP contribution in [-0.4, -0.2) is 60.2 Å². The van der Waals surface area contributed by atoms with Crippen molar-refractivity contribution in [1.29, 1.82) is 0 Å². The van der Waals surface area contributed by atoms with E-state index in [1.165, 1.54) is 18.2 Å². The maximum absolute atomic E-state index is 12.9. The Hall–Kier alpha value is -3.27. The fourth-order valence-electron chi connectivity index (χ4n) is 3.13. The van der Waals surface area contributed by atoms with Gasteiger partial charge in [-0.1, -0.05) is 6.07 Å². The molecule has 3 rings (SSSR count). The Labute approximate surface area is 160 Å². The van der Waals surface area contributed by atoms with Gasteiger partial charge < -0.3 is 15.8 Å². The van der Waals surface area contributed by atoms with E-state index in [9.17, 15) is 24.0 Å². The molecule has 2 aliphatic rings. The molecule has 1 unspecified atom stereocenters. The SMILES string of the molecule is NCCCNC(=O)COc1cccc2c1C(=O)N(C1CCC(=O)NC1=O)C2=O. The van der Waals surface area contributed by atoms with E-state index in [1.807, 2.05) is 0 Å². The molecule has 2 aliphatic heterocycles. The zero-order valence-corrected chi connectivity index (χ0v) is 15.0. The first kappa shape index (κ1) is 19.5. The normalized spacial score (nSPS) is 18.8.